The molecule has 3 aliphatic heterocycles. The van der Waals surface area contributed by atoms with E-state index in [0.29, 0.717) is 12.8 Å². The molecule has 17 atom stereocenters. The first kappa shape index (κ1) is 60.8. The van der Waals surface area contributed by atoms with E-state index in [4.69, 9.17) is 28.4 Å². The number of hydrogen-bond acceptors (Lipinski definition) is 18. The highest BCUT2D eigenvalue weighted by Crippen LogP contribution is 2.33. The zero-order valence-electron chi connectivity index (χ0n) is 40.8. The highest BCUT2D eigenvalue weighted by atomic mass is 16.8. The fourth-order valence-corrected chi connectivity index (χ4v) is 8.95. The lowest BCUT2D eigenvalue weighted by molar-refractivity contribution is -0.379. The highest BCUT2D eigenvalue weighted by Gasteiger charge is 2.53. The van der Waals surface area contributed by atoms with E-state index in [2.05, 4.69) is 31.3 Å². The second-order valence-electron chi connectivity index (χ2n) is 19.0. The van der Waals surface area contributed by atoms with Gasteiger partial charge in [-0.25, -0.2) is 0 Å². The predicted octanol–water partition coefficient (Wildman–Crippen LogP) is 1.87. The summed E-state index contributed by atoms with van der Waals surface area (Å²) >= 11 is 0. The van der Waals surface area contributed by atoms with Gasteiger partial charge in [-0.1, -0.05) is 129 Å². The minimum atomic E-state index is -1.97. The van der Waals surface area contributed by atoms with Gasteiger partial charge in [-0.3, -0.25) is 4.79 Å². The summed E-state index contributed by atoms with van der Waals surface area (Å²) in [5.74, 6) is -0.254. The Kier molecular flexibility index (Phi) is 31.1. The lowest BCUT2D eigenvalue weighted by Gasteiger charge is -2.48. The van der Waals surface area contributed by atoms with Crippen molar-refractivity contribution in [2.24, 2.45) is 0 Å². The second-order valence-corrected chi connectivity index (χ2v) is 19.0. The van der Waals surface area contributed by atoms with E-state index in [9.17, 15) is 61.0 Å². The van der Waals surface area contributed by atoms with Gasteiger partial charge in [0.15, 0.2) is 18.9 Å². The van der Waals surface area contributed by atoms with E-state index in [1.165, 1.54) is 57.8 Å². The SMILES string of the molecule is CCCCCCCC/C=C\CCCCCCCCCC(=O)NC(COC1OC(CO)C(OC2OC(CO)C(OC3OC(CO)C(O)C(O)C3O)C(O)C2O)C(O)C1O)C(O)CCCCCCCC. The van der Waals surface area contributed by atoms with E-state index in [1.807, 2.05) is 0 Å². The zero-order chi connectivity index (χ0) is 49.8. The molecule has 0 aromatic rings. The zero-order valence-corrected chi connectivity index (χ0v) is 40.8. The minimum absolute atomic E-state index is 0.254. The van der Waals surface area contributed by atoms with Crippen LogP contribution in [-0.4, -0.2) is 193 Å². The van der Waals surface area contributed by atoms with Crippen molar-refractivity contribution >= 4 is 5.91 Å². The van der Waals surface area contributed by atoms with E-state index in [0.717, 1.165) is 70.6 Å². The van der Waals surface area contributed by atoms with Gasteiger partial charge in [-0.05, 0) is 38.5 Å². The summed E-state index contributed by atoms with van der Waals surface area (Å²) in [7, 11) is 0. The predicted molar refractivity (Wildman–Crippen MR) is 250 cm³/mol. The molecule has 17 unspecified atom stereocenters. The Balaban J connectivity index is 1.49. The van der Waals surface area contributed by atoms with Gasteiger partial charge in [0, 0.05) is 6.42 Å². The lowest BCUT2D eigenvalue weighted by atomic mass is 9.96. The first-order valence-electron chi connectivity index (χ1n) is 25.9. The molecule has 0 aromatic heterocycles. The molecule has 0 radical (unpaired) electrons. The molecule has 0 aromatic carbocycles. The lowest BCUT2D eigenvalue weighted by Crippen LogP contribution is -2.66. The molecule has 19 heteroatoms. The van der Waals surface area contributed by atoms with Crippen LogP contribution in [0.25, 0.3) is 0 Å². The van der Waals surface area contributed by atoms with Crippen LogP contribution in [0, 0.1) is 0 Å². The second kappa shape index (κ2) is 34.8. The van der Waals surface area contributed by atoms with Crippen LogP contribution in [0.4, 0.5) is 0 Å². The minimum Gasteiger partial charge on any atom is -0.394 e. The number of hydrogen-bond donors (Lipinski definition) is 12. The van der Waals surface area contributed by atoms with Crippen molar-refractivity contribution in [2.75, 3.05) is 26.4 Å². The molecule has 3 fully saturated rings. The summed E-state index contributed by atoms with van der Waals surface area (Å²) in [4.78, 5) is 13.2. The van der Waals surface area contributed by atoms with Crippen LogP contribution in [0.2, 0.25) is 0 Å². The van der Waals surface area contributed by atoms with Crippen LogP contribution in [-0.2, 0) is 33.2 Å². The van der Waals surface area contributed by atoms with Crippen LogP contribution >= 0.6 is 0 Å². The van der Waals surface area contributed by atoms with E-state index < -0.39 is 124 Å². The average Bonchev–Trinajstić information content (AvgIpc) is 3.33. The standard InChI is InChI=1S/C49H91NO18/c1-3-5-7-9-11-12-13-14-15-16-17-18-19-20-21-23-25-27-37(55)50-32(33(54)26-24-22-10-8-6-4-2)31-63-47-43(61)40(58)45(35(29-52)65-47)68-49-44(62)41(59)46(36(30-53)66-49)67-48-42(60)39(57)38(56)34(28-51)64-48/h14-15,32-36,38-49,51-54,56-62H,3-13,16-31H2,1-2H3,(H,50,55)/b15-14-. The van der Waals surface area contributed by atoms with Crippen molar-refractivity contribution in [3.63, 3.8) is 0 Å². The maximum atomic E-state index is 13.2. The van der Waals surface area contributed by atoms with E-state index in [1.54, 1.807) is 0 Å². The fraction of sp³-hybridized carbons (Fsp3) is 0.939. The monoisotopic (exact) mass is 982 g/mol. The first-order valence-corrected chi connectivity index (χ1v) is 25.9. The third kappa shape index (κ3) is 20.6. The van der Waals surface area contributed by atoms with Gasteiger partial charge in [0.05, 0.1) is 38.6 Å². The van der Waals surface area contributed by atoms with Crippen LogP contribution in [0.5, 0.6) is 0 Å². The molecule has 3 heterocycles. The summed E-state index contributed by atoms with van der Waals surface area (Å²) in [6, 6.07) is -0.881. The Morgan fingerprint density at radius 1 is 0.515 bits per heavy atom. The molecule has 3 rings (SSSR count). The van der Waals surface area contributed by atoms with Gasteiger partial charge in [0.2, 0.25) is 5.91 Å². The summed E-state index contributed by atoms with van der Waals surface area (Å²) in [6.45, 7) is 1.67. The molecule has 1 amide bonds. The molecule has 0 saturated carbocycles. The number of carbonyl (C=O) groups is 1. The van der Waals surface area contributed by atoms with Crippen molar-refractivity contribution in [1.82, 2.24) is 5.32 Å². The van der Waals surface area contributed by atoms with Crippen LogP contribution < -0.4 is 5.32 Å². The topological polar surface area (TPSA) is 307 Å². The average molecular weight is 982 g/mol. The highest BCUT2D eigenvalue weighted by molar-refractivity contribution is 5.76. The molecule has 0 bridgehead atoms. The van der Waals surface area contributed by atoms with E-state index >= 15 is 0 Å². The number of allylic oxidation sites excluding steroid dienone is 2. The molecule has 0 aliphatic carbocycles. The van der Waals surface area contributed by atoms with Crippen LogP contribution in [0.15, 0.2) is 12.2 Å². The third-order valence-corrected chi connectivity index (χ3v) is 13.3. The van der Waals surface area contributed by atoms with Gasteiger partial charge in [-0.2, -0.15) is 0 Å². The normalized spacial score (nSPS) is 33.2. The molecular formula is C49H91NO18. The Morgan fingerprint density at radius 2 is 0.926 bits per heavy atom. The van der Waals surface area contributed by atoms with Crippen LogP contribution in [0.3, 0.4) is 0 Å². The first-order chi connectivity index (χ1) is 32.8. The number of carbonyl (C=O) groups excluding carboxylic acids is 1. The molecule has 3 aliphatic rings. The van der Waals surface area contributed by atoms with Gasteiger partial charge >= 0.3 is 0 Å². The Bertz CT molecular complexity index is 1310. The number of ether oxygens (including phenoxy) is 6. The van der Waals surface area contributed by atoms with Gasteiger partial charge < -0.3 is 89.9 Å². The third-order valence-electron chi connectivity index (χ3n) is 13.3. The number of aliphatic hydroxyl groups excluding tert-OH is 11. The summed E-state index contributed by atoms with van der Waals surface area (Å²) < 4.78 is 34.1. The molecule has 0 spiro atoms. The van der Waals surface area contributed by atoms with Crippen LogP contribution in [0.1, 0.15) is 162 Å². The molecule has 3 saturated heterocycles. The van der Waals surface area contributed by atoms with Crippen molar-refractivity contribution in [3.8, 4) is 0 Å². The number of aliphatic hydroxyl groups is 11. The Morgan fingerprint density at radius 3 is 1.43 bits per heavy atom. The van der Waals surface area contributed by atoms with Gasteiger partial charge in [-0.15, -0.1) is 0 Å². The molecular weight excluding hydrogens is 891 g/mol. The van der Waals surface area contributed by atoms with Gasteiger partial charge in [0.25, 0.3) is 0 Å². The molecule has 400 valence electrons. The Hall–Kier alpha value is -1.47. The quantitative estimate of drug-likeness (QED) is 0.0315. The van der Waals surface area contributed by atoms with Crippen molar-refractivity contribution in [3.05, 3.63) is 12.2 Å². The molecule has 12 N–H and O–H groups in total. The number of unbranched alkanes of at least 4 members (excludes halogenated alkanes) is 18. The number of nitrogens with one attached hydrogen (secondary N) is 1. The molecule has 68 heavy (non-hydrogen) atoms. The summed E-state index contributed by atoms with van der Waals surface area (Å²) in [6.07, 6.45) is 2.24. The van der Waals surface area contributed by atoms with Crippen molar-refractivity contribution in [1.29, 1.82) is 0 Å². The summed E-state index contributed by atoms with van der Waals surface area (Å²) in [5, 5.41) is 119. The number of amides is 1. The maximum Gasteiger partial charge on any atom is 0.220 e. The maximum absolute atomic E-state index is 13.2. The fourth-order valence-electron chi connectivity index (χ4n) is 8.95. The smallest absolute Gasteiger partial charge is 0.220 e. The summed E-state index contributed by atoms with van der Waals surface area (Å²) in [5.41, 5.74) is 0. The molecule has 19 nitrogen and oxygen atoms in total. The van der Waals surface area contributed by atoms with E-state index in [-0.39, 0.29) is 18.9 Å². The van der Waals surface area contributed by atoms with Gasteiger partial charge in [0.1, 0.15) is 73.2 Å². The van der Waals surface area contributed by atoms with Crippen molar-refractivity contribution in [2.45, 2.75) is 266 Å². The van der Waals surface area contributed by atoms with Crippen molar-refractivity contribution < 1.29 is 89.4 Å². The largest absolute Gasteiger partial charge is 0.394 e. The Labute approximate surface area is 404 Å². The number of rotatable bonds is 36.